The average molecular weight is 435 g/mol. The second-order valence-electron chi connectivity index (χ2n) is 10.7. The Balaban J connectivity index is 1.42. The van der Waals surface area contributed by atoms with Crippen LogP contribution in [0.15, 0.2) is 24.4 Å². The third-order valence-electron chi connectivity index (χ3n) is 8.23. The van der Waals surface area contributed by atoms with E-state index in [4.69, 9.17) is 10.7 Å². The molecule has 174 valence electrons. The van der Waals surface area contributed by atoms with Gasteiger partial charge in [0.15, 0.2) is 0 Å². The predicted octanol–water partition coefficient (Wildman–Crippen LogP) is 5.88. The van der Waals surface area contributed by atoms with Gasteiger partial charge in [-0.05, 0) is 61.6 Å². The van der Waals surface area contributed by atoms with Gasteiger partial charge in [0.2, 0.25) is 0 Å². The lowest BCUT2D eigenvalue weighted by atomic mass is 9.84. The Labute approximate surface area is 194 Å². The number of fused-ring (bicyclic) bond motifs is 2. The number of aromatic nitrogens is 2. The lowest BCUT2D eigenvalue weighted by Gasteiger charge is -2.39. The lowest BCUT2D eigenvalue weighted by Crippen LogP contribution is -2.45. The minimum atomic E-state index is 0.274. The summed E-state index contributed by atoms with van der Waals surface area (Å²) >= 11 is 0. The molecular formula is C28H42N4. The van der Waals surface area contributed by atoms with E-state index >= 15 is 0 Å². The van der Waals surface area contributed by atoms with Crippen molar-refractivity contribution in [3.63, 3.8) is 0 Å². The largest absolute Gasteiger partial charge is 0.332 e. The van der Waals surface area contributed by atoms with Crippen molar-refractivity contribution in [1.29, 1.82) is 0 Å². The molecule has 0 unspecified atom stereocenters. The van der Waals surface area contributed by atoms with Gasteiger partial charge in [-0.2, -0.15) is 0 Å². The van der Waals surface area contributed by atoms with Crippen LogP contribution in [0.2, 0.25) is 0 Å². The van der Waals surface area contributed by atoms with Crippen molar-refractivity contribution < 1.29 is 0 Å². The molecule has 1 aromatic carbocycles. The smallest absolute Gasteiger partial charge is 0.126 e. The van der Waals surface area contributed by atoms with E-state index in [9.17, 15) is 0 Å². The van der Waals surface area contributed by atoms with Crippen molar-refractivity contribution in [1.82, 2.24) is 14.5 Å². The summed E-state index contributed by atoms with van der Waals surface area (Å²) in [5.74, 6) is 2.13. The summed E-state index contributed by atoms with van der Waals surface area (Å²) in [5.41, 5.74) is 12.1. The lowest BCUT2D eigenvalue weighted by molar-refractivity contribution is 0.111. The molecule has 4 nitrogen and oxygen atoms in total. The fourth-order valence-corrected chi connectivity index (χ4v) is 6.44. The average Bonchev–Trinajstić information content (AvgIpc) is 3.26. The van der Waals surface area contributed by atoms with Gasteiger partial charge in [0.05, 0.1) is 11.7 Å². The molecule has 0 saturated heterocycles. The molecule has 0 bridgehead atoms. The minimum Gasteiger partial charge on any atom is -0.332 e. The van der Waals surface area contributed by atoms with Crippen LogP contribution in [0.3, 0.4) is 0 Å². The Kier molecular flexibility index (Phi) is 6.99. The summed E-state index contributed by atoms with van der Waals surface area (Å²) < 4.78 is 2.46. The highest BCUT2D eigenvalue weighted by Gasteiger charge is 2.33. The third kappa shape index (κ3) is 4.82. The highest BCUT2D eigenvalue weighted by molar-refractivity contribution is 5.61. The molecular weight excluding hydrogens is 392 g/mol. The molecule has 0 amide bonds. The first-order chi connectivity index (χ1) is 15.7. The molecule has 1 aliphatic heterocycles. The van der Waals surface area contributed by atoms with Gasteiger partial charge in [-0.3, -0.25) is 4.90 Å². The quantitative estimate of drug-likeness (QED) is 0.591. The van der Waals surface area contributed by atoms with Gasteiger partial charge in [-0.1, -0.05) is 57.6 Å². The predicted molar refractivity (Wildman–Crippen MR) is 133 cm³/mol. The Bertz CT molecular complexity index is 895. The van der Waals surface area contributed by atoms with Crippen LogP contribution in [0.1, 0.15) is 94.1 Å². The van der Waals surface area contributed by atoms with Crippen LogP contribution < -0.4 is 5.73 Å². The first-order valence-electron chi connectivity index (χ1n) is 13.4. The molecule has 1 fully saturated rings. The summed E-state index contributed by atoms with van der Waals surface area (Å²) in [7, 11) is 0. The zero-order valence-corrected chi connectivity index (χ0v) is 20.1. The Morgan fingerprint density at radius 1 is 1.03 bits per heavy atom. The van der Waals surface area contributed by atoms with Gasteiger partial charge in [0, 0.05) is 37.4 Å². The minimum absolute atomic E-state index is 0.274. The molecule has 1 saturated carbocycles. The maximum absolute atomic E-state index is 6.52. The van der Waals surface area contributed by atoms with Crippen molar-refractivity contribution >= 4 is 0 Å². The first-order valence-corrected chi connectivity index (χ1v) is 13.4. The molecule has 2 aliphatic carbocycles. The van der Waals surface area contributed by atoms with Gasteiger partial charge < -0.3 is 10.3 Å². The van der Waals surface area contributed by atoms with Crippen molar-refractivity contribution in [2.45, 2.75) is 103 Å². The molecule has 2 aromatic rings. The number of hydrogen-bond acceptors (Lipinski definition) is 3. The maximum atomic E-state index is 6.52. The number of imidazole rings is 1. The van der Waals surface area contributed by atoms with E-state index in [1.165, 1.54) is 87.7 Å². The molecule has 3 aliphatic rings. The molecule has 4 heteroatoms. The normalized spacial score (nSPS) is 23.0. The number of aryl methyl sites for hydroxylation is 2. The number of benzene rings is 1. The zero-order valence-electron chi connectivity index (χ0n) is 20.1. The van der Waals surface area contributed by atoms with Crippen LogP contribution >= 0.6 is 0 Å². The molecule has 32 heavy (non-hydrogen) atoms. The van der Waals surface area contributed by atoms with Crippen LogP contribution in [0, 0.1) is 5.92 Å². The van der Waals surface area contributed by atoms with Crippen LogP contribution in [0.25, 0.3) is 11.3 Å². The number of rotatable bonds is 7. The highest BCUT2D eigenvalue weighted by atomic mass is 15.3. The van der Waals surface area contributed by atoms with E-state index in [0.29, 0.717) is 6.04 Å². The van der Waals surface area contributed by atoms with E-state index in [1.807, 2.05) is 0 Å². The van der Waals surface area contributed by atoms with Crippen molar-refractivity contribution in [3.8, 4) is 11.3 Å². The molecule has 2 heterocycles. The summed E-state index contributed by atoms with van der Waals surface area (Å²) in [6.07, 6.45) is 18.0. The highest BCUT2D eigenvalue weighted by Crippen LogP contribution is 2.38. The number of hydrogen-bond donors (Lipinski definition) is 1. The van der Waals surface area contributed by atoms with Gasteiger partial charge in [0.1, 0.15) is 5.82 Å². The molecule has 1 aromatic heterocycles. The van der Waals surface area contributed by atoms with Crippen LogP contribution in [-0.4, -0.2) is 33.6 Å². The molecule has 2 atom stereocenters. The molecule has 5 rings (SSSR count). The number of nitrogens with two attached hydrogens (primary N) is 1. The molecule has 2 N–H and O–H groups in total. The summed E-state index contributed by atoms with van der Waals surface area (Å²) in [5, 5.41) is 0. The van der Waals surface area contributed by atoms with Crippen LogP contribution in [-0.2, 0) is 19.4 Å². The third-order valence-corrected chi connectivity index (χ3v) is 8.23. The standard InChI is InChI=1S/C28H42N4/c1-2-8-25(29)19-31-15-16-32-20-26(24-14-13-22-11-6-7-12-23(22)18-24)30-28(32)27(31)17-21-9-4-3-5-10-21/h13-14,18,20-21,25,27H,2-12,15-17,19,29H2,1H3/t25-,27-/m0/s1. The Morgan fingerprint density at radius 2 is 1.84 bits per heavy atom. The van der Waals surface area contributed by atoms with Gasteiger partial charge in [-0.25, -0.2) is 4.98 Å². The van der Waals surface area contributed by atoms with Crippen molar-refractivity contribution in [3.05, 3.63) is 41.3 Å². The Hall–Kier alpha value is -1.65. The van der Waals surface area contributed by atoms with Gasteiger partial charge in [0.25, 0.3) is 0 Å². The van der Waals surface area contributed by atoms with Crippen molar-refractivity contribution in [2.24, 2.45) is 11.7 Å². The second kappa shape index (κ2) is 10.1. The first kappa shape index (κ1) is 22.2. The van der Waals surface area contributed by atoms with Crippen molar-refractivity contribution in [2.75, 3.05) is 13.1 Å². The van der Waals surface area contributed by atoms with Gasteiger partial charge >= 0.3 is 0 Å². The summed E-state index contributed by atoms with van der Waals surface area (Å²) in [6, 6.07) is 7.78. The number of nitrogens with zero attached hydrogens (tertiary/aromatic N) is 3. The van der Waals surface area contributed by atoms with Crippen LogP contribution in [0.4, 0.5) is 0 Å². The maximum Gasteiger partial charge on any atom is 0.126 e. The van der Waals surface area contributed by atoms with E-state index in [-0.39, 0.29) is 6.04 Å². The fraction of sp³-hybridized carbons (Fsp3) is 0.679. The summed E-state index contributed by atoms with van der Waals surface area (Å²) in [6.45, 7) is 5.38. The summed E-state index contributed by atoms with van der Waals surface area (Å²) in [4.78, 5) is 7.98. The van der Waals surface area contributed by atoms with E-state index in [0.717, 1.165) is 32.0 Å². The topological polar surface area (TPSA) is 47.1 Å². The SMILES string of the molecule is CCC[C@H](N)CN1CCn2cc(-c3ccc4c(c3)CCCC4)nc2[C@@H]1CC1CCCCC1. The zero-order chi connectivity index (χ0) is 21.9. The second-order valence-corrected chi connectivity index (χ2v) is 10.7. The fourth-order valence-electron chi connectivity index (χ4n) is 6.44. The monoisotopic (exact) mass is 434 g/mol. The van der Waals surface area contributed by atoms with E-state index in [2.05, 4.69) is 40.8 Å². The van der Waals surface area contributed by atoms with Gasteiger partial charge in [-0.15, -0.1) is 0 Å². The molecule has 0 radical (unpaired) electrons. The Morgan fingerprint density at radius 3 is 2.66 bits per heavy atom. The van der Waals surface area contributed by atoms with Crippen LogP contribution in [0.5, 0.6) is 0 Å². The molecule has 0 spiro atoms. The van der Waals surface area contributed by atoms with E-state index < -0.39 is 0 Å². The van der Waals surface area contributed by atoms with E-state index in [1.54, 1.807) is 11.1 Å².